The molecule has 53 heavy (non-hydrogen) atoms. The summed E-state index contributed by atoms with van der Waals surface area (Å²) in [5.74, 6) is 0.255. The summed E-state index contributed by atoms with van der Waals surface area (Å²) in [6.45, 7) is 9.74. The van der Waals surface area contributed by atoms with Crippen LogP contribution in [-0.4, -0.2) is 43.4 Å². The zero-order valence-corrected chi connectivity index (χ0v) is 30.9. The van der Waals surface area contributed by atoms with Gasteiger partial charge in [0.05, 0.1) is 42.2 Å². The van der Waals surface area contributed by atoms with Crippen molar-refractivity contribution in [3.05, 3.63) is 145 Å². The Morgan fingerprint density at radius 2 is 1.70 bits per heavy atom. The van der Waals surface area contributed by atoms with Crippen LogP contribution in [0.2, 0.25) is 0 Å². The number of carbonyl (C=O) groups is 2. The predicted octanol–water partition coefficient (Wildman–Crippen LogP) is 6.21. The molecule has 1 aromatic heterocycles. The van der Waals surface area contributed by atoms with Crippen LogP contribution >= 0.6 is 11.3 Å². The molecule has 0 unspecified atom stereocenters. The lowest BCUT2D eigenvalue weighted by Gasteiger charge is -2.25. The molecule has 0 amide bonds. The van der Waals surface area contributed by atoms with Crippen LogP contribution in [0.4, 0.5) is 0 Å². The number of nitrogens with zero attached hydrogens (tertiary/aromatic N) is 2. The molecule has 0 fully saturated rings. The van der Waals surface area contributed by atoms with Gasteiger partial charge >= 0.3 is 11.9 Å². The SMILES string of the molecule is C=CCc1cc(/C=c2\sc3n(c2=O)[C@H](c2ccc(OCC(=O)OC)c(OCC)c2)C(C(=O)OCC)=C(C)N=3)ccc1OCc1cccc2ccccc12. The summed E-state index contributed by atoms with van der Waals surface area (Å²) < 4.78 is 30.0. The maximum atomic E-state index is 14.3. The molecule has 2 heterocycles. The third-order valence-electron chi connectivity index (χ3n) is 8.68. The van der Waals surface area contributed by atoms with Crippen molar-refractivity contribution >= 4 is 40.1 Å². The number of thiazole rings is 1. The predicted molar refractivity (Wildman–Crippen MR) is 204 cm³/mol. The molecule has 11 heteroatoms. The van der Waals surface area contributed by atoms with Crippen molar-refractivity contribution in [3.63, 3.8) is 0 Å². The fourth-order valence-electron chi connectivity index (χ4n) is 6.26. The second-order valence-electron chi connectivity index (χ2n) is 12.1. The van der Waals surface area contributed by atoms with Gasteiger partial charge in [0.15, 0.2) is 22.9 Å². The second-order valence-corrected chi connectivity index (χ2v) is 13.1. The number of fused-ring (bicyclic) bond motifs is 2. The Bertz CT molecular complexity index is 2400. The lowest BCUT2D eigenvalue weighted by atomic mass is 9.95. The lowest BCUT2D eigenvalue weighted by Crippen LogP contribution is -2.40. The zero-order chi connectivity index (χ0) is 37.5. The van der Waals surface area contributed by atoms with Crippen LogP contribution in [0.3, 0.4) is 0 Å². The van der Waals surface area contributed by atoms with Crippen molar-refractivity contribution in [2.75, 3.05) is 26.9 Å². The molecule has 5 aromatic rings. The van der Waals surface area contributed by atoms with Crippen molar-refractivity contribution in [3.8, 4) is 17.2 Å². The highest BCUT2D eigenvalue weighted by Gasteiger charge is 2.34. The van der Waals surface area contributed by atoms with Crippen molar-refractivity contribution in [2.24, 2.45) is 4.99 Å². The van der Waals surface area contributed by atoms with Crippen LogP contribution in [0.5, 0.6) is 17.2 Å². The summed E-state index contributed by atoms with van der Waals surface area (Å²) in [5.41, 5.74) is 3.74. The van der Waals surface area contributed by atoms with Gasteiger partial charge in [-0.05, 0) is 90.6 Å². The maximum Gasteiger partial charge on any atom is 0.343 e. The average Bonchev–Trinajstić information content (AvgIpc) is 3.46. The van der Waals surface area contributed by atoms with E-state index in [-0.39, 0.29) is 24.3 Å². The molecule has 0 saturated carbocycles. The monoisotopic (exact) mass is 732 g/mol. The standard InChI is InChI=1S/C42H40N2O8S/c1-6-12-29-21-27(17-19-33(29)51-24-31-15-11-14-28-13-9-10-16-32(28)31)22-36-40(46)44-39(38(41(47)50-8-3)26(4)43-42(44)53-36)30-18-20-34(35(23-30)49-7-2)52-25-37(45)48-5/h6,9-11,13-23,39H,1,7-8,12,24-25H2,2-5H3/b36-22-/t39-/m1/s1. The molecule has 1 aliphatic heterocycles. The molecule has 0 aliphatic carbocycles. The van der Waals surface area contributed by atoms with Gasteiger partial charge in [0.2, 0.25) is 0 Å². The van der Waals surface area contributed by atoms with Crippen LogP contribution in [0.1, 0.15) is 49.1 Å². The molecule has 0 spiro atoms. The molecule has 1 aliphatic rings. The van der Waals surface area contributed by atoms with E-state index in [0.29, 0.717) is 51.7 Å². The van der Waals surface area contributed by atoms with Crippen LogP contribution in [0, 0.1) is 0 Å². The summed E-state index contributed by atoms with van der Waals surface area (Å²) in [6, 6.07) is 24.4. The van der Waals surface area contributed by atoms with Crippen molar-refractivity contribution in [2.45, 2.75) is 39.8 Å². The number of allylic oxidation sites excluding steroid dienone is 2. The Morgan fingerprint density at radius 1 is 0.906 bits per heavy atom. The fourth-order valence-corrected chi connectivity index (χ4v) is 7.30. The topological polar surface area (TPSA) is 115 Å². The molecule has 272 valence electrons. The minimum atomic E-state index is -0.873. The average molecular weight is 733 g/mol. The van der Waals surface area contributed by atoms with E-state index in [2.05, 4.69) is 30.8 Å². The minimum Gasteiger partial charge on any atom is -0.490 e. The summed E-state index contributed by atoms with van der Waals surface area (Å²) in [7, 11) is 1.28. The smallest absolute Gasteiger partial charge is 0.343 e. The number of carbonyl (C=O) groups excluding carboxylic acids is 2. The van der Waals surface area contributed by atoms with Crippen LogP contribution in [0.15, 0.2) is 113 Å². The van der Waals surface area contributed by atoms with E-state index < -0.39 is 18.0 Å². The first-order valence-corrected chi connectivity index (χ1v) is 18.1. The van der Waals surface area contributed by atoms with Gasteiger partial charge in [-0.25, -0.2) is 14.6 Å². The molecular weight excluding hydrogens is 693 g/mol. The van der Waals surface area contributed by atoms with E-state index in [0.717, 1.165) is 33.2 Å². The van der Waals surface area contributed by atoms with Gasteiger partial charge in [0, 0.05) is 0 Å². The van der Waals surface area contributed by atoms with Crippen molar-refractivity contribution < 1.29 is 33.3 Å². The van der Waals surface area contributed by atoms with E-state index in [1.54, 1.807) is 32.0 Å². The van der Waals surface area contributed by atoms with Gasteiger partial charge in [0.1, 0.15) is 12.4 Å². The van der Waals surface area contributed by atoms with E-state index in [9.17, 15) is 14.4 Å². The van der Waals surface area contributed by atoms with E-state index in [1.165, 1.54) is 23.0 Å². The summed E-state index contributed by atoms with van der Waals surface area (Å²) in [4.78, 5) is 44.7. The molecule has 0 bridgehead atoms. The number of ether oxygens (including phenoxy) is 5. The highest BCUT2D eigenvalue weighted by atomic mass is 32.1. The second kappa shape index (κ2) is 16.6. The van der Waals surface area contributed by atoms with Gasteiger partial charge in [-0.1, -0.05) is 72.0 Å². The van der Waals surface area contributed by atoms with Crippen LogP contribution < -0.4 is 29.1 Å². The number of aromatic nitrogens is 1. The summed E-state index contributed by atoms with van der Waals surface area (Å²) in [6.07, 6.45) is 4.21. The summed E-state index contributed by atoms with van der Waals surface area (Å²) in [5, 5.41) is 2.30. The Morgan fingerprint density at radius 3 is 2.47 bits per heavy atom. The molecular formula is C42H40N2O8S. The minimum absolute atomic E-state index is 0.145. The van der Waals surface area contributed by atoms with Crippen molar-refractivity contribution in [1.29, 1.82) is 0 Å². The van der Waals surface area contributed by atoms with Crippen molar-refractivity contribution in [1.82, 2.24) is 4.57 Å². The largest absolute Gasteiger partial charge is 0.490 e. The van der Waals surface area contributed by atoms with E-state index >= 15 is 0 Å². The lowest BCUT2D eigenvalue weighted by molar-refractivity contribution is -0.143. The normalized spacial score (nSPS) is 14.0. The number of esters is 2. The van der Waals surface area contributed by atoms with Gasteiger partial charge in [-0.2, -0.15) is 0 Å². The Kier molecular flexibility index (Phi) is 11.5. The maximum absolute atomic E-state index is 14.3. The highest BCUT2D eigenvalue weighted by molar-refractivity contribution is 7.07. The molecule has 1 atom stereocenters. The van der Waals surface area contributed by atoms with Gasteiger partial charge in [-0.15, -0.1) is 6.58 Å². The Balaban J connectivity index is 1.39. The number of hydrogen-bond donors (Lipinski definition) is 0. The number of hydrogen-bond acceptors (Lipinski definition) is 10. The zero-order valence-electron chi connectivity index (χ0n) is 30.0. The van der Waals surface area contributed by atoms with Gasteiger partial charge in [0.25, 0.3) is 5.56 Å². The molecule has 6 rings (SSSR count). The third-order valence-corrected chi connectivity index (χ3v) is 9.67. The summed E-state index contributed by atoms with van der Waals surface area (Å²) >= 11 is 1.23. The van der Waals surface area contributed by atoms with E-state index in [1.807, 2.05) is 55.5 Å². The fraction of sp³-hybridized carbons (Fsp3) is 0.238. The van der Waals surface area contributed by atoms with Gasteiger partial charge < -0.3 is 23.7 Å². The quantitative estimate of drug-likeness (QED) is 0.0979. The molecule has 4 aromatic carbocycles. The van der Waals surface area contributed by atoms with Crippen LogP contribution in [0.25, 0.3) is 16.8 Å². The number of rotatable bonds is 14. The van der Waals surface area contributed by atoms with Crippen LogP contribution in [-0.2, 0) is 32.1 Å². The number of benzene rings is 4. The Hall–Kier alpha value is -5.94. The van der Waals surface area contributed by atoms with Gasteiger partial charge in [-0.3, -0.25) is 9.36 Å². The molecule has 0 saturated heterocycles. The first-order valence-electron chi connectivity index (χ1n) is 17.3. The first-order chi connectivity index (χ1) is 25.8. The number of methoxy groups -OCH3 is 1. The van der Waals surface area contributed by atoms with E-state index in [4.69, 9.17) is 28.7 Å². The molecule has 10 nitrogen and oxygen atoms in total. The third kappa shape index (κ3) is 7.95. The molecule has 0 N–H and O–H groups in total. The molecule has 0 radical (unpaired) electrons. The highest BCUT2D eigenvalue weighted by Crippen LogP contribution is 2.36. The Labute approximate surface area is 310 Å². The first kappa shape index (κ1) is 36.8.